The van der Waals surface area contributed by atoms with Crippen molar-refractivity contribution in [3.63, 3.8) is 0 Å². The summed E-state index contributed by atoms with van der Waals surface area (Å²) < 4.78 is 6.05. The summed E-state index contributed by atoms with van der Waals surface area (Å²) in [6.07, 6.45) is 3.89. The summed E-state index contributed by atoms with van der Waals surface area (Å²) in [7, 11) is 0. The van der Waals surface area contributed by atoms with Crippen molar-refractivity contribution in [2.24, 2.45) is 5.92 Å². The van der Waals surface area contributed by atoms with Crippen LogP contribution in [0.2, 0.25) is 0 Å². The molecule has 1 N–H and O–H groups in total. The van der Waals surface area contributed by atoms with Gasteiger partial charge in [0.2, 0.25) is 5.88 Å². The van der Waals surface area contributed by atoms with Crippen molar-refractivity contribution in [1.29, 1.82) is 0 Å². The van der Waals surface area contributed by atoms with Crippen LogP contribution in [0.3, 0.4) is 0 Å². The van der Waals surface area contributed by atoms with Crippen molar-refractivity contribution in [2.45, 2.75) is 18.9 Å². The van der Waals surface area contributed by atoms with Crippen LogP contribution in [0.1, 0.15) is 12.8 Å². The first kappa shape index (κ1) is 18.1. The van der Waals surface area contributed by atoms with Crippen LogP contribution in [-0.2, 0) is 0 Å². The minimum Gasteiger partial charge on any atom is -0.469 e. The average Bonchev–Trinajstić information content (AvgIpc) is 2.76. The van der Waals surface area contributed by atoms with Crippen molar-refractivity contribution < 1.29 is 9.84 Å². The van der Waals surface area contributed by atoms with Crippen molar-refractivity contribution in [2.75, 3.05) is 42.6 Å². The molecule has 0 radical (unpaired) electrons. The Bertz CT molecular complexity index is 984. The Hall–Kier alpha value is -2.93. The van der Waals surface area contributed by atoms with Gasteiger partial charge in [-0.1, -0.05) is 18.2 Å². The summed E-state index contributed by atoms with van der Waals surface area (Å²) >= 11 is 0. The van der Waals surface area contributed by atoms with E-state index in [0.717, 1.165) is 61.4 Å². The third-order valence-corrected chi connectivity index (χ3v) is 5.90. The quantitative estimate of drug-likeness (QED) is 0.716. The Morgan fingerprint density at radius 2 is 1.86 bits per heavy atom. The predicted molar refractivity (Wildman–Crippen MR) is 112 cm³/mol. The van der Waals surface area contributed by atoms with E-state index in [1.165, 1.54) is 0 Å². The number of aliphatic hydroxyl groups is 1. The van der Waals surface area contributed by atoms with E-state index in [1.54, 1.807) is 6.20 Å². The van der Waals surface area contributed by atoms with E-state index in [1.807, 2.05) is 24.3 Å². The van der Waals surface area contributed by atoms with Gasteiger partial charge in [-0.15, -0.1) is 5.10 Å². The predicted octanol–water partition coefficient (Wildman–Crippen LogP) is 2.50. The number of anilines is 2. The lowest BCUT2D eigenvalue weighted by molar-refractivity contribution is 0.158. The molecule has 3 aromatic rings. The minimum absolute atomic E-state index is 0.0907. The number of benzene rings is 1. The number of rotatable bonds is 5. The Morgan fingerprint density at radius 3 is 2.69 bits per heavy atom. The van der Waals surface area contributed by atoms with E-state index in [4.69, 9.17) is 9.72 Å². The molecule has 2 fully saturated rings. The second-order valence-electron chi connectivity index (χ2n) is 7.87. The summed E-state index contributed by atoms with van der Waals surface area (Å²) in [5.41, 5.74) is 2.05. The van der Waals surface area contributed by atoms with Gasteiger partial charge >= 0.3 is 0 Å². The molecule has 0 aliphatic carbocycles. The highest BCUT2D eigenvalue weighted by atomic mass is 16.5. The first-order valence-electron chi connectivity index (χ1n) is 10.2. The number of hydrogen-bond acceptors (Lipinski definition) is 7. The molecule has 7 heteroatoms. The summed E-state index contributed by atoms with van der Waals surface area (Å²) in [5.74, 6) is 1.97. The van der Waals surface area contributed by atoms with Gasteiger partial charge in [0.1, 0.15) is 11.9 Å². The van der Waals surface area contributed by atoms with Crippen molar-refractivity contribution in [1.82, 2.24) is 15.2 Å². The van der Waals surface area contributed by atoms with Crippen LogP contribution in [0.4, 0.5) is 11.5 Å². The minimum atomic E-state index is 0.0907. The third kappa shape index (κ3) is 3.82. The maximum absolute atomic E-state index is 9.31. The molecular formula is C22H25N5O2. The summed E-state index contributed by atoms with van der Waals surface area (Å²) in [5, 5.41) is 18.7. The fraction of sp³-hybridized carbons (Fsp3) is 0.409. The molecule has 29 heavy (non-hydrogen) atoms. The lowest BCUT2D eigenvalue weighted by Crippen LogP contribution is -2.54. The molecule has 0 saturated carbocycles. The lowest BCUT2D eigenvalue weighted by Gasteiger charge is -2.39. The van der Waals surface area contributed by atoms with E-state index in [9.17, 15) is 5.11 Å². The Morgan fingerprint density at radius 1 is 1.03 bits per heavy atom. The number of hydrogen-bond donors (Lipinski definition) is 1. The fourth-order valence-electron chi connectivity index (χ4n) is 4.04. The van der Waals surface area contributed by atoms with E-state index in [2.05, 4.69) is 38.2 Å². The molecule has 0 atom stereocenters. The Kier molecular flexibility index (Phi) is 4.89. The van der Waals surface area contributed by atoms with Crippen molar-refractivity contribution in [3.8, 4) is 5.88 Å². The van der Waals surface area contributed by atoms with E-state index in [-0.39, 0.29) is 12.7 Å². The van der Waals surface area contributed by atoms with E-state index < -0.39 is 0 Å². The first-order valence-corrected chi connectivity index (χ1v) is 10.2. The molecule has 4 heterocycles. The van der Waals surface area contributed by atoms with Crippen LogP contribution < -0.4 is 14.5 Å². The van der Waals surface area contributed by atoms with Gasteiger partial charge in [0.25, 0.3) is 0 Å². The Balaban J connectivity index is 1.19. The zero-order valence-electron chi connectivity index (χ0n) is 16.3. The molecule has 2 saturated heterocycles. The molecule has 7 nitrogen and oxygen atoms in total. The van der Waals surface area contributed by atoms with Gasteiger partial charge in [-0.2, -0.15) is 5.10 Å². The number of aromatic nitrogens is 3. The lowest BCUT2D eigenvalue weighted by atomic mass is 9.98. The number of para-hydroxylation sites is 1. The number of nitrogens with zero attached hydrogens (tertiary/aromatic N) is 5. The topological polar surface area (TPSA) is 74.6 Å². The average molecular weight is 391 g/mol. The van der Waals surface area contributed by atoms with Crippen LogP contribution in [0.15, 0.2) is 48.7 Å². The van der Waals surface area contributed by atoms with Gasteiger partial charge in [-0.3, -0.25) is 0 Å². The first-order chi connectivity index (χ1) is 14.3. The van der Waals surface area contributed by atoms with Gasteiger partial charge < -0.3 is 19.6 Å². The second-order valence-corrected chi connectivity index (χ2v) is 7.87. The molecule has 0 unspecified atom stereocenters. The zero-order chi connectivity index (χ0) is 19.6. The van der Waals surface area contributed by atoms with Crippen LogP contribution in [0.5, 0.6) is 5.88 Å². The molecule has 1 aromatic carbocycles. The number of aliphatic hydroxyl groups excluding tert-OH is 1. The highest BCUT2D eigenvalue weighted by molar-refractivity contribution is 5.80. The van der Waals surface area contributed by atoms with Crippen LogP contribution in [0, 0.1) is 5.92 Å². The molecule has 5 rings (SSSR count). The maximum atomic E-state index is 9.31. The number of fused-ring (bicyclic) bond motifs is 1. The van der Waals surface area contributed by atoms with Crippen molar-refractivity contribution >= 4 is 22.4 Å². The smallest absolute Gasteiger partial charge is 0.235 e. The summed E-state index contributed by atoms with van der Waals surface area (Å²) in [4.78, 5) is 9.25. The molecule has 0 amide bonds. The second kappa shape index (κ2) is 7.83. The highest BCUT2D eigenvalue weighted by Gasteiger charge is 2.30. The molecule has 0 bridgehead atoms. The molecular weight excluding hydrogens is 366 g/mol. The Labute approximate surface area is 169 Å². The molecule has 2 aliphatic rings. The van der Waals surface area contributed by atoms with Gasteiger partial charge in [0.05, 0.1) is 30.5 Å². The normalized spacial score (nSPS) is 18.1. The standard InChI is InChI=1S/C22H25N5O2/c28-15-16-7-9-26(10-8-16)18-11-22(25-23-12-18)29-19-13-27(14-19)21-6-5-17-3-1-2-4-20(17)24-21/h1-6,11-12,16,19,28H,7-10,13-15H2. The molecule has 2 aromatic heterocycles. The largest absolute Gasteiger partial charge is 0.469 e. The number of pyridine rings is 1. The SMILES string of the molecule is OCC1CCN(c2cnnc(OC3CN(c4ccc5ccccc5n4)C3)c2)CC1. The van der Waals surface area contributed by atoms with Gasteiger partial charge in [-0.25, -0.2) is 4.98 Å². The third-order valence-electron chi connectivity index (χ3n) is 5.90. The van der Waals surface area contributed by atoms with E-state index in [0.29, 0.717) is 11.8 Å². The fourth-order valence-corrected chi connectivity index (χ4v) is 4.04. The molecule has 150 valence electrons. The van der Waals surface area contributed by atoms with Crippen LogP contribution in [-0.4, -0.2) is 59.2 Å². The van der Waals surface area contributed by atoms with Gasteiger partial charge in [0.15, 0.2) is 0 Å². The van der Waals surface area contributed by atoms with Gasteiger partial charge in [0, 0.05) is 31.1 Å². The van der Waals surface area contributed by atoms with Crippen LogP contribution >= 0.6 is 0 Å². The highest BCUT2D eigenvalue weighted by Crippen LogP contribution is 2.27. The van der Waals surface area contributed by atoms with Crippen molar-refractivity contribution in [3.05, 3.63) is 48.7 Å². The van der Waals surface area contributed by atoms with Crippen LogP contribution in [0.25, 0.3) is 10.9 Å². The monoisotopic (exact) mass is 391 g/mol. The van der Waals surface area contributed by atoms with E-state index >= 15 is 0 Å². The zero-order valence-corrected chi connectivity index (χ0v) is 16.3. The molecule has 0 spiro atoms. The number of piperidine rings is 1. The summed E-state index contributed by atoms with van der Waals surface area (Å²) in [6, 6.07) is 14.3. The molecule has 2 aliphatic heterocycles. The number of ether oxygens (including phenoxy) is 1. The van der Waals surface area contributed by atoms with Gasteiger partial charge in [-0.05, 0) is 37.0 Å². The summed E-state index contributed by atoms with van der Waals surface area (Å²) in [6.45, 7) is 3.72. The maximum Gasteiger partial charge on any atom is 0.235 e.